The molecule has 1 amide bonds. The zero-order valence-corrected chi connectivity index (χ0v) is 14.0. The summed E-state index contributed by atoms with van der Waals surface area (Å²) in [6.45, 7) is 0.368. The standard InChI is InChI=1S/C19H20FNO3/c1-21(13-15-7-5-9-17(23-2)19(15)24-3)18(22)11-10-14-6-4-8-16(20)12-14/h4-12H,13H2,1-3H3/b11-10+. The molecule has 24 heavy (non-hydrogen) atoms. The summed E-state index contributed by atoms with van der Waals surface area (Å²) in [6, 6.07) is 11.6. The van der Waals surface area contributed by atoms with Crippen LogP contribution in [0.25, 0.3) is 6.08 Å². The number of carbonyl (C=O) groups is 1. The highest BCUT2D eigenvalue weighted by molar-refractivity contribution is 5.91. The fourth-order valence-electron chi connectivity index (χ4n) is 2.32. The average Bonchev–Trinajstić information content (AvgIpc) is 2.59. The first kappa shape index (κ1) is 17.5. The minimum atomic E-state index is -0.334. The molecule has 5 heteroatoms. The van der Waals surface area contributed by atoms with E-state index in [1.807, 2.05) is 12.1 Å². The van der Waals surface area contributed by atoms with Crippen molar-refractivity contribution in [3.63, 3.8) is 0 Å². The molecule has 0 N–H and O–H groups in total. The number of para-hydroxylation sites is 1. The zero-order chi connectivity index (χ0) is 17.5. The molecule has 0 aliphatic carbocycles. The molecule has 0 atom stereocenters. The summed E-state index contributed by atoms with van der Waals surface area (Å²) in [5.74, 6) is 0.697. The van der Waals surface area contributed by atoms with E-state index in [9.17, 15) is 9.18 Å². The van der Waals surface area contributed by atoms with Crippen LogP contribution in [0.3, 0.4) is 0 Å². The van der Waals surface area contributed by atoms with Crippen molar-refractivity contribution in [2.45, 2.75) is 6.54 Å². The summed E-state index contributed by atoms with van der Waals surface area (Å²) < 4.78 is 23.8. The fraction of sp³-hybridized carbons (Fsp3) is 0.211. The van der Waals surface area contributed by atoms with E-state index < -0.39 is 0 Å². The molecule has 0 heterocycles. The van der Waals surface area contributed by atoms with Crippen LogP contribution < -0.4 is 9.47 Å². The molecular formula is C19H20FNO3. The SMILES string of the molecule is COc1cccc(CN(C)C(=O)/C=C/c2cccc(F)c2)c1OC. The highest BCUT2D eigenvalue weighted by Crippen LogP contribution is 2.31. The maximum atomic E-state index is 13.1. The second kappa shape index (κ2) is 8.15. The van der Waals surface area contributed by atoms with Gasteiger partial charge in [-0.05, 0) is 29.8 Å². The minimum absolute atomic E-state index is 0.191. The molecule has 0 unspecified atom stereocenters. The number of amides is 1. The first-order valence-electron chi connectivity index (χ1n) is 7.43. The molecule has 0 aromatic heterocycles. The molecule has 0 saturated heterocycles. The van der Waals surface area contributed by atoms with Crippen molar-refractivity contribution in [3.8, 4) is 11.5 Å². The largest absolute Gasteiger partial charge is 0.493 e. The highest BCUT2D eigenvalue weighted by Gasteiger charge is 2.13. The number of rotatable bonds is 6. The summed E-state index contributed by atoms with van der Waals surface area (Å²) >= 11 is 0. The van der Waals surface area contributed by atoms with E-state index in [4.69, 9.17) is 9.47 Å². The van der Waals surface area contributed by atoms with Crippen molar-refractivity contribution in [1.29, 1.82) is 0 Å². The van der Waals surface area contributed by atoms with E-state index in [2.05, 4.69) is 0 Å². The number of likely N-dealkylation sites (N-methyl/N-ethyl adjacent to an activating group) is 1. The molecular weight excluding hydrogens is 309 g/mol. The Morgan fingerprint density at radius 2 is 1.92 bits per heavy atom. The van der Waals surface area contributed by atoms with Crippen LogP contribution >= 0.6 is 0 Å². The predicted octanol–water partition coefficient (Wildman–Crippen LogP) is 3.51. The molecule has 0 spiro atoms. The van der Waals surface area contributed by atoms with Crippen LogP contribution in [0, 0.1) is 5.82 Å². The van der Waals surface area contributed by atoms with Crippen LogP contribution in [0.1, 0.15) is 11.1 Å². The number of methoxy groups -OCH3 is 2. The molecule has 2 aromatic rings. The molecule has 4 nitrogen and oxygen atoms in total. The molecule has 2 rings (SSSR count). The van der Waals surface area contributed by atoms with Gasteiger partial charge < -0.3 is 14.4 Å². The number of ether oxygens (including phenoxy) is 2. The molecule has 0 fully saturated rings. The van der Waals surface area contributed by atoms with Crippen molar-refractivity contribution in [2.24, 2.45) is 0 Å². The van der Waals surface area contributed by atoms with Gasteiger partial charge in [-0.15, -0.1) is 0 Å². The maximum Gasteiger partial charge on any atom is 0.246 e. The van der Waals surface area contributed by atoms with Crippen molar-refractivity contribution < 1.29 is 18.7 Å². The Kier molecular flexibility index (Phi) is 5.95. The lowest BCUT2D eigenvalue weighted by molar-refractivity contribution is -0.125. The van der Waals surface area contributed by atoms with Gasteiger partial charge in [0.1, 0.15) is 5.82 Å². The molecule has 0 bridgehead atoms. The third-order valence-corrected chi connectivity index (χ3v) is 3.54. The van der Waals surface area contributed by atoms with Crippen LogP contribution in [0.5, 0.6) is 11.5 Å². The lowest BCUT2D eigenvalue weighted by Crippen LogP contribution is -2.24. The Labute approximate surface area is 141 Å². The number of hydrogen-bond acceptors (Lipinski definition) is 3. The van der Waals surface area contributed by atoms with Crippen molar-refractivity contribution >= 4 is 12.0 Å². The number of carbonyl (C=O) groups excluding carboxylic acids is 1. The minimum Gasteiger partial charge on any atom is -0.493 e. The first-order valence-corrected chi connectivity index (χ1v) is 7.43. The van der Waals surface area contributed by atoms with E-state index in [1.54, 1.807) is 50.4 Å². The average molecular weight is 329 g/mol. The highest BCUT2D eigenvalue weighted by atomic mass is 19.1. The zero-order valence-electron chi connectivity index (χ0n) is 14.0. The Hall–Kier alpha value is -2.82. The number of hydrogen-bond donors (Lipinski definition) is 0. The van der Waals surface area contributed by atoms with Crippen LogP contribution in [0.15, 0.2) is 48.5 Å². The topological polar surface area (TPSA) is 38.8 Å². The molecule has 0 aliphatic heterocycles. The van der Waals surface area contributed by atoms with E-state index >= 15 is 0 Å². The Morgan fingerprint density at radius 1 is 1.17 bits per heavy atom. The first-order chi connectivity index (χ1) is 11.5. The van der Waals surface area contributed by atoms with Crippen LogP contribution in [0.4, 0.5) is 4.39 Å². The van der Waals surface area contributed by atoms with E-state index in [0.29, 0.717) is 23.6 Å². The normalized spacial score (nSPS) is 10.7. The van der Waals surface area contributed by atoms with Gasteiger partial charge in [-0.25, -0.2) is 4.39 Å². The van der Waals surface area contributed by atoms with Crippen LogP contribution in [-0.2, 0) is 11.3 Å². The van der Waals surface area contributed by atoms with E-state index in [1.165, 1.54) is 18.2 Å². The molecule has 126 valence electrons. The smallest absolute Gasteiger partial charge is 0.246 e. The molecule has 0 radical (unpaired) electrons. The Bertz CT molecular complexity index is 743. The predicted molar refractivity (Wildman–Crippen MR) is 91.5 cm³/mol. The van der Waals surface area contributed by atoms with Gasteiger partial charge in [0, 0.05) is 25.2 Å². The van der Waals surface area contributed by atoms with Crippen molar-refractivity contribution in [2.75, 3.05) is 21.3 Å². The van der Waals surface area contributed by atoms with Crippen LogP contribution in [-0.4, -0.2) is 32.1 Å². The van der Waals surface area contributed by atoms with Crippen molar-refractivity contribution in [1.82, 2.24) is 4.90 Å². The summed E-state index contributed by atoms with van der Waals surface area (Å²) in [6.07, 6.45) is 3.01. The third-order valence-electron chi connectivity index (χ3n) is 3.54. The fourth-order valence-corrected chi connectivity index (χ4v) is 2.32. The number of benzene rings is 2. The molecule has 0 saturated carbocycles. The van der Waals surface area contributed by atoms with E-state index in [0.717, 1.165) is 5.56 Å². The Balaban J connectivity index is 2.09. The van der Waals surface area contributed by atoms with Gasteiger partial charge in [-0.1, -0.05) is 24.3 Å². The van der Waals surface area contributed by atoms with Gasteiger partial charge >= 0.3 is 0 Å². The number of halogens is 1. The van der Waals surface area contributed by atoms with Gasteiger partial charge in [-0.3, -0.25) is 4.79 Å². The monoisotopic (exact) mass is 329 g/mol. The summed E-state index contributed by atoms with van der Waals surface area (Å²) in [7, 11) is 4.82. The van der Waals surface area contributed by atoms with Crippen molar-refractivity contribution in [3.05, 3.63) is 65.5 Å². The maximum absolute atomic E-state index is 13.1. The van der Waals surface area contributed by atoms with E-state index in [-0.39, 0.29) is 11.7 Å². The van der Waals surface area contributed by atoms with Gasteiger partial charge in [0.25, 0.3) is 0 Å². The summed E-state index contributed by atoms with van der Waals surface area (Å²) in [5, 5.41) is 0. The summed E-state index contributed by atoms with van der Waals surface area (Å²) in [5.41, 5.74) is 1.47. The Morgan fingerprint density at radius 3 is 2.58 bits per heavy atom. The third kappa shape index (κ3) is 4.35. The quantitative estimate of drug-likeness (QED) is 0.761. The second-order valence-corrected chi connectivity index (χ2v) is 5.24. The van der Waals surface area contributed by atoms with Gasteiger partial charge in [-0.2, -0.15) is 0 Å². The number of nitrogens with zero attached hydrogens (tertiary/aromatic N) is 1. The van der Waals surface area contributed by atoms with Gasteiger partial charge in [0.05, 0.1) is 14.2 Å². The molecule has 2 aromatic carbocycles. The lowest BCUT2D eigenvalue weighted by atomic mass is 10.1. The van der Waals surface area contributed by atoms with Gasteiger partial charge in [0.2, 0.25) is 5.91 Å². The summed E-state index contributed by atoms with van der Waals surface area (Å²) in [4.78, 5) is 13.8. The second-order valence-electron chi connectivity index (χ2n) is 5.24. The van der Waals surface area contributed by atoms with Crippen LogP contribution in [0.2, 0.25) is 0 Å². The van der Waals surface area contributed by atoms with Gasteiger partial charge in [0.15, 0.2) is 11.5 Å². The molecule has 0 aliphatic rings. The lowest BCUT2D eigenvalue weighted by Gasteiger charge is -2.18.